The summed E-state index contributed by atoms with van der Waals surface area (Å²) in [6.07, 6.45) is 0. The number of piperazine rings is 1. The van der Waals surface area contributed by atoms with Gasteiger partial charge >= 0.3 is 0 Å². The molecule has 1 fully saturated rings. The molecule has 6 nitrogen and oxygen atoms in total. The van der Waals surface area contributed by atoms with Crippen molar-refractivity contribution < 1.29 is 8.42 Å². The molecule has 0 atom stereocenters. The maximum atomic E-state index is 13.5. The molecule has 0 amide bonds. The van der Waals surface area contributed by atoms with E-state index in [4.69, 9.17) is 0 Å². The molecule has 1 saturated heterocycles. The van der Waals surface area contributed by atoms with Crippen LogP contribution in [0, 0.1) is 27.7 Å². The molecule has 30 heavy (non-hydrogen) atoms. The van der Waals surface area contributed by atoms with Crippen molar-refractivity contribution in [1.82, 2.24) is 13.9 Å². The van der Waals surface area contributed by atoms with E-state index in [-0.39, 0.29) is 0 Å². The standard InChI is InChI=1S/C22H28N4O2S2/c1-15-7-6-8-19(17(15)3)25-9-11-26(12-10-25)30(27,28)21-13-20(24(5)18(21)4)22-23-16(2)14-29-22/h6-8,13-14H,9-12H2,1-5H3. The van der Waals surface area contributed by atoms with Crippen molar-refractivity contribution in [3.63, 3.8) is 0 Å². The summed E-state index contributed by atoms with van der Waals surface area (Å²) < 4.78 is 30.4. The van der Waals surface area contributed by atoms with Crippen LogP contribution in [0.15, 0.2) is 34.5 Å². The molecular formula is C22H28N4O2S2. The zero-order valence-corrected chi connectivity index (χ0v) is 19.8. The van der Waals surface area contributed by atoms with E-state index in [1.54, 1.807) is 10.4 Å². The number of anilines is 1. The van der Waals surface area contributed by atoms with Crippen molar-refractivity contribution in [2.24, 2.45) is 7.05 Å². The summed E-state index contributed by atoms with van der Waals surface area (Å²) in [4.78, 5) is 7.20. The number of aromatic nitrogens is 2. The van der Waals surface area contributed by atoms with Gasteiger partial charge in [-0.05, 0) is 51.0 Å². The van der Waals surface area contributed by atoms with Crippen LogP contribution in [-0.2, 0) is 17.1 Å². The molecule has 0 spiro atoms. The predicted octanol–water partition coefficient (Wildman–Crippen LogP) is 3.89. The Bertz CT molecular complexity index is 1190. The van der Waals surface area contributed by atoms with Crippen molar-refractivity contribution in [3.05, 3.63) is 52.2 Å². The van der Waals surface area contributed by atoms with Gasteiger partial charge in [0.25, 0.3) is 0 Å². The van der Waals surface area contributed by atoms with Crippen LogP contribution >= 0.6 is 11.3 Å². The van der Waals surface area contributed by atoms with E-state index in [1.165, 1.54) is 28.2 Å². The summed E-state index contributed by atoms with van der Waals surface area (Å²) >= 11 is 1.54. The highest BCUT2D eigenvalue weighted by Crippen LogP contribution is 2.32. The van der Waals surface area contributed by atoms with Gasteiger partial charge in [-0.1, -0.05) is 12.1 Å². The number of thiazole rings is 1. The minimum atomic E-state index is -3.56. The molecule has 2 aromatic heterocycles. The van der Waals surface area contributed by atoms with Gasteiger partial charge in [-0.15, -0.1) is 11.3 Å². The van der Waals surface area contributed by atoms with Crippen LogP contribution in [0.5, 0.6) is 0 Å². The summed E-state index contributed by atoms with van der Waals surface area (Å²) in [5, 5.41) is 2.83. The maximum Gasteiger partial charge on any atom is 0.244 e. The quantitative estimate of drug-likeness (QED) is 0.613. The van der Waals surface area contributed by atoms with E-state index < -0.39 is 10.0 Å². The maximum absolute atomic E-state index is 13.5. The van der Waals surface area contributed by atoms with E-state index in [9.17, 15) is 8.42 Å². The molecule has 1 aromatic carbocycles. The minimum absolute atomic E-state index is 0.382. The summed E-state index contributed by atoms with van der Waals surface area (Å²) in [5.41, 5.74) is 6.25. The van der Waals surface area contributed by atoms with Crippen LogP contribution in [0.3, 0.4) is 0 Å². The van der Waals surface area contributed by atoms with Crippen molar-refractivity contribution in [1.29, 1.82) is 0 Å². The topological polar surface area (TPSA) is 58.4 Å². The highest BCUT2D eigenvalue weighted by molar-refractivity contribution is 7.89. The Morgan fingerprint density at radius 1 is 1.03 bits per heavy atom. The van der Waals surface area contributed by atoms with E-state index >= 15 is 0 Å². The third kappa shape index (κ3) is 3.57. The fourth-order valence-corrected chi connectivity index (χ4v) is 6.54. The van der Waals surface area contributed by atoms with Gasteiger partial charge in [-0.2, -0.15) is 4.31 Å². The molecule has 160 valence electrons. The molecular weight excluding hydrogens is 416 g/mol. The largest absolute Gasteiger partial charge is 0.369 e. The van der Waals surface area contributed by atoms with E-state index in [2.05, 4.69) is 41.9 Å². The summed E-state index contributed by atoms with van der Waals surface area (Å²) in [5.74, 6) is 0. The van der Waals surface area contributed by atoms with E-state index in [0.717, 1.165) is 22.1 Å². The van der Waals surface area contributed by atoms with Crippen LogP contribution in [0.2, 0.25) is 0 Å². The Kier molecular flexibility index (Phi) is 5.50. The first-order valence-electron chi connectivity index (χ1n) is 10.1. The molecule has 0 N–H and O–H groups in total. The predicted molar refractivity (Wildman–Crippen MR) is 123 cm³/mol. The zero-order valence-electron chi connectivity index (χ0n) is 18.1. The molecule has 0 saturated carbocycles. The van der Waals surface area contributed by atoms with Crippen molar-refractivity contribution in [3.8, 4) is 10.7 Å². The van der Waals surface area contributed by atoms with Crippen LogP contribution in [0.1, 0.15) is 22.5 Å². The van der Waals surface area contributed by atoms with E-state index in [1.807, 2.05) is 30.8 Å². The minimum Gasteiger partial charge on any atom is -0.369 e. The lowest BCUT2D eigenvalue weighted by molar-refractivity contribution is 0.384. The number of sulfonamides is 1. The highest BCUT2D eigenvalue weighted by atomic mass is 32.2. The Balaban J connectivity index is 1.58. The zero-order chi connectivity index (χ0) is 21.6. The molecule has 3 heterocycles. The number of aryl methyl sites for hydroxylation is 2. The first-order valence-corrected chi connectivity index (χ1v) is 12.4. The van der Waals surface area contributed by atoms with Crippen molar-refractivity contribution in [2.75, 3.05) is 31.1 Å². The molecule has 4 rings (SSSR count). The molecule has 0 unspecified atom stereocenters. The van der Waals surface area contributed by atoms with Gasteiger partial charge in [0, 0.05) is 55.7 Å². The normalized spacial score (nSPS) is 15.7. The van der Waals surface area contributed by atoms with Crippen LogP contribution in [0.25, 0.3) is 10.7 Å². The fraction of sp³-hybridized carbons (Fsp3) is 0.409. The number of hydrogen-bond donors (Lipinski definition) is 0. The van der Waals surface area contributed by atoms with Gasteiger partial charge in [0.05, 0.1) is 5.69 Å². The average Bonchev–Trinajstić information content (AvgIpc) is 3.28. The second-order valence-corrected chi connectivity index (χ2v) is 10.7. The lowest BCUT2D eigenvalue weighted by Gasteiger charge is -2.36. The van der Waals surface area contributed by atoms with Gasteiger partial charge in [0.1, 0.15) is 9.90 Å². The van der Waals surface area contributed by atoms with Crippen LogP contribution < -0.4 is 4.90 Å². The van der Waals surface area contributed by atoms with E-state index in [0.29, 0.717) is 31.1 Å². The summed E-state index contributed by atoms with van der Waals surface area (Å²) in [6.45, 7) is 10.4. The van der Waals surface area contributed by atoms with Crippen LogP contribution in [-0.4, -0.2) is 48.5 Å². The van der Waals surface area contributed by atoms with Crippen LogP contribution in [0.4, 0.5) is 5.69 Å². The van der Waals surface area contributed by atoms with Gasteiger partial charge in [0.15, 0.2) is 0 Å². The number of hydrogen-bond acceptors (Lipinski definition) is 5. The molecule has 0 bridgehead atoms. The Hall–Kier alpha value is -2.16. The second-order valence-electron chi connectivity index (χ2n) is 7.94. The Labute approximate surface area is 182 Å². The smallest absolute Gasteiger partial charge is 0.244 e. The molecule has 1 aliphatic rings. The number of nitrogens with zero attached hydrogens (tertiary/aromatic N) is 4. The lowest BCUT2D eigenvalue weighted by atomic mass is 10.1. The first-order chi connectivity index (χ1) is 14.2. The van der Waals surface area contributed by atoms with Gasteiger partial charge < -0.3 is 9.47 Å². The molecule has 0 aliphatic carbocycles. The molecule has 1 aliphatic heterocycles. The third-order valence-corrected chi connectivity index (χ3v) is 9.10. The number of rotatable bonds is 4. The number of benzene rings is 1. The average molecular weight is 445 g/mol. The van der Waals surface area contributed by atoms with Gasteiger partial charge in [-0.3, -0.25) is 0 Å². The summed E-state index contributed by atoms with van der Waals surface area (Å²) in [6, 6.07) is 8.07. The fourth-order valence-electron chi connectivity index (χ4n) is 4.00. The SMILES string of the molecule is Cc1csc(-c2cc(S(=O)(=O)N3CCN(c4cccc(C)c4C)CC3)c(C)n2C)n1. The highest BCUT2D eigenvalue weighted by Gasteiger charge is 2.32. The second kappa shape index (κ2) is 7.83. The lowest BCUT2D eigenvalue weighted by Crippen LogP contribution is -2.49. The first kappa shape index (κ1) is 21.1. The summed E-state index contributed by atoms with van der Waals surface area (Å²) in [7, 11) is -1.66. The third-order valence-electron chi connectivity index (χ3n) is 6.10. The monoisotopic (exact) mass is 444 g/mol. The van der Waals surface area contributed by atoms with Crippen molar-refractivity contribution >= 4 is 27.0 Å². The molecule has 3 aromatic rings. The van der Waals surface area contributed by atoms with Crippen molar-refractivity contribution in [2.45, 2.75) is 32.6 Å². The Morgan fingerprint density at radius 2 is 1.73 bits per heavy atom. The van der Waals surface area contributed by atoms with Gasteiger partial charge in [-0.25, -0.2) is 13.4 Å². The van der Waals surface area contributed by atoms with Gasteiger partial charge in [0.2, 0.25) is 10.0 Å². The molecule has 0 radical (unpaired) electrons. The molecule has 8 heteroatoms. The Morgan fingerprint density at radius 3 is 2.37 bits per heavy atom.